The van der Waals surface area contributed by atoms with Crippen LogP contribution in [0.2, 0.25) is 0 Å². The number of carbonyl (C=O) groups excluding carboxylic acids is 1. The van der Waals surface area contributed by atoms with Crippen LogP contribution in [-0.2, 0) is 9.53 Å². The lowest BCUT2D eigenvalue weighted by Gasteiger charge is -2.42. The highest BCUT2D eigenvalue weighted by atomic mass is 16.5. The molecule has 0 aromatic rings. The summed E-state index contributed by atoms with van der Waals surface area (Å²) in [6.45, 7) is 1.63. The molecule has 0 aromatic heterocycles. The zero-order chi connectivity index (χ0) is 11.6. The van der Waals surface area contributed by atoms with Crippen molar-refractivity contribution in [3.8, 4) is 0 Å². The van der Waals surface area contributed by atoms with Crippen LogP contribution in [0.25, 0.3) is 0 Å². The van der Waals surface area contributed by atoms with Crippen molar-refractivity contribution < 1.29 is 14.6 Å². The van der Waals surface area contributed by atoms with E-state index >= 15 is 0 Å². The number of nitrogens with zero attached hydrogens (tertiary/aromatic N) is 1. The van der Waals surface area contributed by atoms with E-state index in [4.69, 9.17) is 4.74 Å². The SMILES string of the molecule is COC(=O)C1(N2CCC(O)CC2)CCCC1. The van der Waals surface area contributed by atoms with Crippen LogP contribution in [0, 0.1) is 0 Å². The van der Waals surface area contributed by atoms with Crippen molar-refractivity contribution in [1.29, 1.82) is 0 Å². The molecule has 0 radical (unpaired) electrons. The zero-order valence-electron chi connectivity index (χ0n) is 9.95. The van der Waals surface area contributed by atoms with Gasteiger partial charge in [-0.2, -0.15) is 0 Å². The van der Waals surface area contributed by atoms with Gasteiger partial charge in [0.2, 0.25) is 0 Å². The fraction of sp³-hybridized carbons (Fsp3) is 0.917. The van der Waals surface area contributed by atoms with E-state index in [2.05, 4.69) is 4.90 Å². The molecule has 4 heteroatoms. The van der Waals surface area contributed by atoms with Crippen LogP contribution >= 0.6 is 0 Å². The maximum atomic E-state index is 12.0. The van der Waals surface area contributed by atoms with Gasteiger partial charge in [-0.1, -0.05) is 12.8 Å². The Morgan fingerprint density at radius 2 is 1.88 bits per heavy atom. The maximum absolute atomic E-state index is 12.0. The third-order valence-electron chi connectivity index (χ3n) is 4.07. The summed E-state index contributed by atoms with van der Waals surface area (Å²) in [5, 5.41) is 9.51. The highest BCUT2D eigenvalue weighted by Gasteiger charge is 2.47. The topological polar surface area (TPSA) is 49.8 Å². The smallest absolute Gasteiger partial charge is 0.326 e. The van der Waals surface area contributed by atoms with Gasteiger partial charge in [-0.3, -0.25) is 9.69 Å². The predicted molar refractivity (Wildman–Crippen MR) is 60.0 cm³/mol. The average Bonchev–Trinajstić information content (AvgIpc) is 2.79. The van der Waals surface area contributed by atoms with Crippen LogP contribution in [0.5, 0.6) is 0 Å². The van der Waals surface area contributed by atoms with Crippen LogP contribution < -0.4 is 0 Å². The van der Waals surface area contributed by atoms with Crippen molar-refractivity contribution in [2.24, 2.45) is 0 Å². The predicted octanol–water partition coefficient (Wildman–Crippen LogP) is 0.929. The fourth-order valence-corrected chi connectivity index (χ4v) is 3.09. The minimum Gasteiger partial charge on any atom is -0.468 e. The third-order valence-corrected chi connectivity index (χ3v) is 4.07. The van der Waals surface area contributed by atoms with Gasteiger partial charge in [0.15, 0.2) is 0 Å². The first kappa shape index (κ1) is 11.9. The van der Waals surface area contributed by atoms with E-state index in [1.54, 1.807) is 0 Å². The Labute approximate surface area is 96.6 Å². The lowest BCUT2D eigenvalue weighted by Crippen LogP contribution is -2.56. The molecule has 1 saturated heterocycles. The second-order valence-electron chi connectivity index (χ2n) is 4.95. The number of rotatable bonds is 2. The van der Waals surface area contributed by atoms with Gasteiger partial charge in [0.25, 0.3) is 0 Å². The molecule has 2 aliphatic rings. The number of aliphatic hydroxyl groups is 1. The number of hydrogen-bond acceptors (Lipinski definition) is 4. The molecule has 92 valence electrons. The summed E-state index contributed by atoms with van der Waals surface area (Å²) in [6, 6.07) is 0. The van der Waals surface area contributed by atoms with Crippen molar-refractivity contribution in [3.63, 3.8) is 0 Å². The van der Waals surface area contributed by atoms with Gasteiger partial charge in [0.1, 0.15) is 5.54 Å². The molecule has 0 spiro atoms. The molecular formula is C12H21NO3. The molecule has 2 rings (SSSR count). The number of aliphatic hydroxyl groups excluding tert-OH is 1. The average molecular weight is 227 g/mol. The number of hydrogen-bond donors (Lipinski definition) is 1. The Morgan fingerprint density at radius 1 is 1.31 bits per heavy atom. The molecule has 0 unspecified atom stereocenters. The van der Waals surface area contributed by atoms with Crippen LogP contribution in [0.3, 0.4) is 0 Å². The standard InChI is InChI=1S/C12H21NO3/c1-16-11(15)12(6-2-3-7-12)13-8-4-10(14)5-9-13/h10,14H,2-9H2,1H3. The molecule has 16 heavy (non-hydrogen) atoms. The van der Waals surface area contributed by atoms with Gasteiger partial charge < -0.3 is 9.84 Å². The summed E-state index contributed by atoms with van der Waals surface area (Å²) in [5.74, 6) is -0.0820. The molecule has 1 aliphatic carbocycles. The van der Waals surface area contributed by atoms with E-state index in [1.165, 1.54) is 7.11 Å². The Hall–Kier alpha value is -0.610. The lowest BCUT2D eigenvalue weighted by molar-refractivity contribution is -0.157. The second kappa shape index (κ2) is 4.72. The number of likely N-dealkylation sites (tertiary alicyclic amines) is 1. The molecule has 4 nitrogen and oxygen atoms in total. The molecule has 0 aromatic carbocycles. The first-order chi connectivity index (χ1) is 7.69. The summed E-state index contributed by atoms with van der Waals surface area (Å²) in [7, 11) is 1.47. The third kappa shape index (κ3) is 1.96. The largest absolute Gasteiger partial charge is 0.468 e. The van der Waals surface area contributed by atoms with Gasteiger partial charge in [-0.05, 0) is 25.7 Å². The summed E-state index contributed by atoms with van der Waals surface area (Å²) in [4.78, 5) is 14.2. The summed E-state index contributed by atoms with van der Waals surface area (Å²) < 4.78 is 4.97. The van der Waals surface area contributed by atoms with Crippen molar-refractivity contribution in [2.45, 2.75) is 50.2 Å². The van der Waals surface area contributed by atoms with Gasteiger partial charge in [0.05, 0.1) is 13.2 Å². The number of methoxy groups -OCH3 is 1. The number of piperidine rings is 1. The molecule has 1 aliphatic heterocycles. The first-order valence-corrected chi connectivity index (χ1v) is 6.20. The van der Waals surface area contributed by atoms with Gasteiger partial charge in [-0.15, -0.1) is 0 Å². The lowest BCUT2D eigenvalue weighted by atomic mass is 9.92. The van der Waals surface area contributed by atoms with E-state index in [0.717, 1.165) is 51.6 Å². The molecule has 1 saturated carbocycles. The van der Waals surface area contributed by atoms with Crippen molar-refractivity contribution in [3.05, 3.63) is 0 Å². The zero-order valence-corrected chi connectivity index (χ0v) is 9.95. The molecule has 0 amide bonds. The molecule has 1 heterocycles. The minimum atomic E-state index is -0.380. The normalized spacial score (nSPS) is 26.9. The maximum Gasteiger partial charge on any atom is 0.326 e. The van der Waals surface area contributed by atoms with Gasteiger partial charge in [0, 0.05) is 13.1 Å². The molecule has 2 fully saturated rings. The summed E-state index contributed by atoms with van der Waals surface area (Å²) in [6.07, 6.45) is 5.40. The molecule has 0 bridgehead atoms. The second-order valence-corrected chi connectivity index (χ2v) is 4.95. The molecule has 1 N–H and O–H groups in total. The van der Waals surface area contributed by atoms with Crippen molar-refractivity contribution in [2.75, 3.05) is 20.2 Å². The highest BCUT2D eigenvalue weighted by Crippen LogP contribution is 2.37. The first-order valence-electron chi connectivity index (χ1n) is 6.20. The van der Waals surface area contributed by atoms with Crippen LogP contribution in [-0.4, -0.2) is 47.8 Å². The van der Waals surface area contributed by atoms with Crippen LogP contribution in [0.1, 0.15) is 38.5 Å². The van der Waals surface area contributed by atoms with Gasteiger partial charge >= 0.3 is 5.97 Å². The molecular weight excluding hydrogens is 206 g/mol. The van der Waals surface area contributed by atoms with Gasteiger partial charge in [-0.25, -0.2) is 0 Å². The monoisotopic (exact) mass is 227 g/mol. The Balaban J connectivity index is 2.10. The van der Waals surface area contributed by atoms with E-state index in [1.807, 2.05) is 0 Å². The Bertz CT molecular complexity index is 253. The Morgan fingerprint density at radius 3 is 2.38 bits per heavy atom. The van der Waals surface area contributed by atoms with Crippen molar-refractivity contribution in [1.82, 2.24) is 4.90 Å². The Kier molecular flexibility index (Phi) is 3.50. The number of ether oxygens (including phenoxy) is 1. The summed E-state index contributed by atoms with van der Waals surface area (Å²) in [5.41, 5.74) is -0.380. The van der Waals surface area contributed by atoms with Crippen LogP contribution in [0.15, 0.2) is 0 Å². The van der Waals surface area contributed by atoms with E-state index < -0.39 is 0 Å². The number of carbonyl (C=O) groups is 1. The summed E-state index contributed by atoms with van der Waals surface area (Å²) >= 11 is 0. The molecule has 0 atom stereocenters. The van der Waals surface area contributed by atoms with E-state index in [9.17, 15) is 9.90 Å². The van der Waals surface area contributed by atoms with E-state index in [0.29, 0.717) is 0 Å². The van der Waals surface area contributed by atoms with E-state index in [-0.39, 0.29) is 17.6 Å². The fourth-order valence-electron chi connectivity index (χ4n) is 3.09. The van der Waals surface area contributed by atoms with Crippen molar-refractivity contribution >= 4 is 5.97 Å². The van der Waals surface area contributed by atoms with Crippen LogP contribution in [0.4, 0.5) is 0 Å². The highest BCUT2D eigenvalue weighted by molar-refractivity contribution is 5.81. The minimum absolute atomic E-state index is 0.0820. The number of esters is 1. The quantitative estimate of drug-likeness (QED) is 0.713.